The maximum Gasteiger partial charge on any atom is 0.253 e. The molecule has 0 unspecified atom stereocenters. The maximum absolute atomic E-state index is 12.0. The van der Waals surface area contributed by atoms with Gasteiger partial charge in [-0.15, -0.1) is 0 Å². The van der Waals surface area contributed by atoms with Crippen molar-refractivity contribution < 1.29 is 9.21 Å². The highest BCUT2D eigenvalue weighted by atomic mass is 79.9. The maximum atomic E-state index is 12.0. The van der Waals surface area contributed by atoms with Crippen LogP contribution in [0.4, 0.5) is 5.69 Å². The summed E-state index contributed by atoms with van der Waals surface area (Å²) >= 11 is 3.30. The van der Waals surface area contributed by atoms with Gasteiger partial charge >= 0.3 is 0 Å². The van der Waals surface area contributed by atoms with Crippen molar-refractivity contribution in [2.45, 2.75) is 13.0 Å². The molecule has 2 aromatic rings. The molecule has 3 N–H and O–H groups in total. The Morgan fingerprint density at radius 2 is 2.22 bits per heavy atom. The predicted octanol–water partition coefficient (Wildman–Crippen LogP) is 3.12. The molecule has 0 aliphatic carbocycles. The first kappa shape index (κ1) is 12.7. The van der Waals surface area contributed by atoms with Crippen molar-refractivity contribution in [3.8, 4) is 0 Å². The predicted molar refractivity (Wildman–Crippen MR) is 73.1 cm³/mol. The molecule has 1 amide bonds. The number of amides is 1. The Morgan fingerprint density at radius 3 is 2.83 bits per heavy atom. The molecule has 0 spiro atoms. The smallest absolute Gasteiger partial charge is 0.253 e. The van der Waals surface area contributed by atoms with E-state index in [2.05, 4.69) is 21.2 Å². The minimum atomic E-state index is -0.219. The number of carbonyl (C=O) groups is 1. The second-order valence-corrected chi connectivity index (χ2v) is 4.86. The van der Waals surface area contributed by atoms with Crippen LogP contribution in [-0.2, 0) is 0 Å². The summed E-state index contributed by atoms with van der Waals surface area (Å²) in [6.45, 7) is 1.85. The largest absolute Gasteiger partial charge is 0.467 e. The van der Waals surface area contributed by atoms with Gasteiger partial charge in [0, 0.05) is 10.2 Å². The molecule has 4 nitrogen and oxygen atoms in total. The molecule has 0 bridgehead atoms. The zero-order chi connectivity index (χ0) is 13.1. The molecule has 1 aromatic carbocycles. The van der Waals surface area contributed by atoms with E-state index in [1.807, 2.05) is 13.0 Å². The minimum absolute atomic E-state index is 0.199. The highest BCUT2D eigenvalue weighted by Gasteiger charge is 2.15. The molecular formula is C13H13BrN2O2. The first-order chi connectivity index (χ1) is 8.58. The molecule has 0 saturated carbocycles. The summed E-state index contributed by atoms with van der Waals surface area (Å²) in [6.07, 6.45) is 1.58. The van der Waals surface area contributed by atoms with Crippen molar-refractivity contribution in [1.82, 2.24) is 5.32 Å². The molecule has 1 aromatic heterocycles. The Kier molecular flexibility index (Phi) is 3.72. The number of anilines is 1. The normalized spacial score (nSPS) is 12.1. The summed E-state index contributed by atoms with van der Waals surface area (Å²) in [7, 11) is 0. The average Bonchev–Trinajstić information content (AvgIpc) is 2.81. The van der Waals surface area contributed by atoms with E-state index in [0.717, 1.165) is 4.47 Å². The van der Waals surface area contributed by atoms with Gasteiger partial charge in [0.05, 0.1) is 17.9 Å². The summed E-state index contributed by atoms with van der Waals surface area (Å²) in [4.78, 5) is 12.0. The van der Waals surface area contributed by atoms with Gasteiger partial charge in [-0.1, -0.05) is 15.9 Å². The van der Waals surface area contributed by atoms with Gasteiger partial charge in [0.15, 0.2) is 0 Å². The fraction of sp³-hybridized carbons (Fsp3) is 0.154. The molecule has 1 heterocycles. The van der Waals surface area contributed by atoms with Crippen molar-refractivity contribution in [1.29, 1.82) is 0 Å². The molecule has 1 atom stereocenters. The average molecular weight is 309 g/mol. The summed E-state index contributed by atoms with van der Waals surface area (Å²) in [5.74, 6) is 0.489. The Hall–Kier alpha value is -1.75. The number of hydrogen-bond acceptors (Lipinski definition) is 3. The van der Waals surface area contributed by atoms with Gasteiger partial charge < -0.3 is 15.5 Å². The van der Waals surface area contributed by atoms with Gasteiger partial charge in [0.1, 0.15) is 5.76 Å². The van der Waals surface area contributed by atoms with Crippen LogP contribution < -0.4 is 11.1 Å². The molecule has 0 radical (unpaired) electrons. The van der Waals surface area contributed by atoms with Gasteiger partial charge in [-0.2, -0.15) is 0 Å². The number of halogens is 1. The van der Waals surface area contributed by atoms with Gasteiger partial charge in [0.2, 0.25) is 0 Å². The lowest BCUT2D eigenvalue weighted by molar-refractivity contribution is 0.0936. The highest BCUT2D eigenvalue weighted by molar-refractivity contribution is 9.10. The Bertz CT molecular complexity index is 552. The van der Waals surface area contributed by atoms with Crippen LogP contribution in [0.25, 0.3) is 0 Å². The number of nitrogens with one attached hydrogen (secondary N) is 1. The number of hydrogen-bond donors (Lipinski definition) is 2. The van der Waals surface area contributed by atoms with E-state index in [0.29, 0.717) is 17.0 Å². The summed E-state index contributed by atoms with van der Waals surface area (Å²) in [5.41, 5.74) is 6.70. The van der Waals surface area contributed by atoms with Crippen molar-refractivity contribution in [2.24, 2.45) is 0 Å². The molecule has 0 aliphatic rings. The van der Waals surface area contributed by atoms with Gasteiger partial charge in [-0.25, -0.2) is 0 Å². The van der Waals surface area contributed by atoms with E-state index >= 15 is 0 Å². The van der Waals surface area contributed by atoms with Crippen molar-refractivity contribution >= 4 is 27.5 Å². The lowest BCUT2D eigenvalue weighted by Gasteiger charge is -2.12. The SMILES string of the molecule is C[C@@H](NC(=O)c1ccc(Br)cc1N)c1ccco1. The van der Waals surface area contributed by atoms with Crippen molar-refractivity contribution in [2.75, 3.05) is 5.73 Å². The number of furan rings is 1. The van der Waals surface area contributed by atoms with Crippen molar-refractivity contribution in [3.05, 3.63) is 52.4 Å². The lowest BCUT2D eigenvalue weighted by atomic mass is 10.1. The van der Waals surface area contributed by atoms with Crippen LogP contribution in [0.5, 0.6) is 0 Å². The van der Waals surface area contributed by atoms with Gasteiger partial charge in [-0.05, 0) is 37.3 Å². The molecular weight excluding hydrogens is 296 g/mol. The van der Waals surface area contributed by atoms with Gasteiger partial charge in [0.25, 0.3) is 5.91 Å². The Balaban J connectivity index is 2.12. The lowest BCUT2D eigenvalue weighted by Crippen LogP contribution is -2.27. The Labute approximate surface area is 113 Å². The molecule has 0 aliphatic heterocycles. The third-order valence-electron chi connectivity index (χ3n) is 2.58. The zero-order valence-electron chi connectivity index (χ0n) is 9.81. The van der Waals surface area contributed by atoms with Crippen LogP contribution in [0.1, 0.15) is 29.1 Å². The first-order valence-electron chi connectivity index (χ1n) is 5.47. The van der Waals surface area contributed by atoms with E-state index in [9.17, 15) is 4.79 Å². The van der Waals surface area contributed by atoms with Crippen LogP contribution in [0.2, 0.25) is 0 Å². The van der Waals surface area contributed by atoms with E-state index < -0.39 is 0 Å². The fourth-order valence-electron chi connectivity index (χ4n) is 1.62. The number of benzene rings is 1. The van der Waals surface area contributed by atoms with Crippen LogP contribution in [0.15, 0.2) is 45.5 Å². The van der Waals surface area contributed by atoms with E-state index in [1.165, 1.54) is 0 Å². The van der Waals surface area contributed by atoms with Crippen LogP contribution in [-0.4, -0.2) is 5.91 Å². The molecule has 94 valence electrons. The standard InChI is InChI=1S/C13H13BrN2O2/c1-8(12-3-2-6-18-12)16-13(17)10-5-4-9(14)7-11(10)15/h2-8H,15H2,1H3,(H,16,17)/t8-/m1/s1. The minimum Gasteiger partial charge on any atom is -0.467 e. The molecule has 0 fully saturated rings. The zero-order valence-corrected chi connectivity index (χ0v) is 11.4. The molecule has 2 rings (SSSR count). The van der Waals surface area contributed by atoms with Crippen LogP contribution in [0, 0.1) is 0 Å². The molecule has 0 saturated heterocycles. The highest BCUT2D eigenvalue weighted by Crippen LogP contribution is 2.20. The van der Waals surface area contributed by atoms with Crippen LogP contribution in [0.3, 0.4) is 0 Å². The topological polar surface area (TPSA) is 68.3 Å². The number of rotatable bonds is 3. The first-order valence-corrected chi connectivity index (χ1v) is 6.26. The van der Waals surface area contributed by atoms with Crippen molar-refractivity contribution in [3.63, 3.8) is 0 Å². The molecule has 5 heteroatoms. The number of nitrogens with two attached hydrogens (primary N) is 1. The fourth-order valence-corrected chi connectivity index (χ4v) is 2.00. The molecule has 18 heavy (non-hydrogen) atoms. The number of carbonyl (C=O) groups excluding carboxylic acids is 1. The Morgan fingerprint density at radius 1 is 1.44 bits per heavy atom. The number of nitrogen functional groups attached to an aromatic ring is 1. The second-order valence-electron chi connectivity index (χ2n) is 3.94. The van der Waals surface area contributed by atoms with Gasteiger partial charge in [-0.3, -0.25) is 4.79 Å². The summed E-state index contributed by atoms with van der Waals surface area (Å²) < 4.78 is 6.07. The van der Waals surface area contributed by atoms with Crippen LogP contribution >= 0.6 is 15.9 Å². The third-order valence-corrected chi connectivity index (χ3v) is 3.07. The van der Waals surface area contributed by atoms with E-state index in [1.54, 1.807) is 30.5 Å². The monoisotopic (exact) mass is 308 g/mol. The van der Waals surface area contributed by atoms with E-state index in [4.69, 9.17) is 10.2 Å². The third kappa shape index (κ3) is 2.73. The summed E-state index contributed by atoms with van der Waals surface area (Å²) in [5, 5.41) is 2.83. The van der Waals surface area contributed by atoms with E-state index in [-0.39, 0.29) is 11.9 Å². The second kappa shape index (κ2) is 5.27. The summed E-state index contributed by atoms with van der Waals surface area (Å²) in [6, 6.07) is 8.57. The quantitative estimate of drug-likeness (QED) is 0.856.